The van der Waals surface area contributed by atoms with Gasteiger partial charge in [-0.2, -0.15) is 0 Å². The van der Waals surface area contributed by atoms with E-state index in [1.165, 1.54) is 0 Å². The van der Waals surface area contributed by atoms with Gasteiger partial charge in [0.2, 0.25) is 5.91 Å². The van der Waals surface area contributed by atoms with Gasteiger partial charge < -0.3 is 16.0 Å². The van der Waals surface area contributed by atoms with Crippen LogP contribution >= 0.6 is 0 Å². The maximum Gasteiger partial charge on any atom is 0.244 e. The number of carbonyl (C=O) groups is 1. The molecule has 1 aromatic carbocycles. The highest BCUT2D eigenvalue weighted by Crippen LogP contribution is 2.24. The van der Waals surface area contributed by atoms with Gasteiger partial charge in [0, 0.05) is 35.9 Å². The Bertz CT molecular complexity index is 479. The van der Waals surface area contributed by atoms with E-state index >= 15 is 0 Å². The summed E-state index contributed by atoms with van der Waals surface area (Å²) < 4.78 is 10.9. The lowest BCUT2D eigenvalue weighted by Crippen LogP contribution is -2.46. The minimum Gasteiger partial charge on any atom is -0.381 e. The van der Waals surface area contributed by atoms with E-state index in [4.69, 9.17) is 0 Å². The fourth-order valence-electron chi connectivity index (χ4n) is 1.98. The Kier molecular flexibility index (Phi) is 4.79. The molecule has 19 heavy (non-hydrogen) atoms. The Morgan fingerprint density at radius 2 is 2.16 bits per heavy atom. The van der Waals surface area contributed by atoms with Gasteiger partial charge in [-0.25, -0.2) is 0 Å². The second kappa shape index (κ2) is 6.56. The molecule has 0 saturated carbocycles. The standard InChI is InChI=1S/C13H19N3O2S/c1-19(18)8-4-7-14-13(17)12-9-15-10-5-2-3-6-11(10)16-12/h2-3,5-6,12,15-16H,4,7-9H2,1H3,(H,14,17). The average Bonchev–Trinajstić information content (AvgIpc) is 2.42. The van der Waals surface area contributed by atoms with Crippen molar-refractivity contribution in [2.75, 3.05) is 35.7 Å². The van der Waals surface area contributed by atoms with Crippen LogP contribution in [0.5, 0.6) is 0 Å². The number of fused-ring (bicyclic) bond motifs is 1. The molecule has 0 aliphatic carbocycles. The Hall–Kier alpha value is -1.56. The summed E-state index contributed by atoms with van der Waals surface area (Å²) in [6.07, 6.45) is 2.41. The molecule has 5 nitrogen and oxygen atoms in total. The number of hydrogen-bond donors (Lipinski definition) is 3. The number of amides is 1. The van der Waals surface area contributed by atoms with Crippen LogP contribution in [0.25, 0.3) is 0 Å². The Labute approximate surface area is 115 Å². The largest absolute Gasteiger partial charge is 0.381 e. The normalized spacial score (nSPS) is 18.7. The van der Waals surface area contributed by atoms with E-state index in [2.05, 4.69) is 16.0 Å². The van der Waals surface area contributed by atoms with Gasteiger partial charge in [-0.3, -0.25) is 9.00 Å². The quantitative estimate of drug-likeness (QED) is 0.698. The van der Waals surface area contributed by atoms with Gasteiger partial charge in [-0.15, -0.1) is 0 Å². The second-order valence-electron chi connectivity index (χ2n) is 4.55. The summed E-state index contributed by atoms with van der Waals surface area (Å²) in [5, 5.41) is 9.30. The van der Waals surface area contributed by atoms with Crippen LogP contribution in [0, 0.1) is 0 Å². The third kappa shape index (κ3) is 3.96. The molecular weight excluding hydrogens is 262 g/mol. The smallest absolute Gasteiger partial charge is 0.244 e. The molecule has 104 valence electrons. The summed E-state index contributed by atoms with van der Waals surface area (Å²) in [6, 6.07) is 7.56. The third-order valence-electron chi connectivity index (χ3n) is 2.98. The fourth-order valence-corrected chi connectivity index (χ4v) is 2.53. The molecule has 1 amide bonds. The summed E-state index contributed by atoms with van der Waals surface area (Å²) >= 11 is 0. The number of nitrogens with one attached hydrogen (secondary N) is 3. The van der Waals surface area contributed by atoms with Crippen LogP contribution < -0.4 is 16.0 Å². The van der Waals surface area contributed by atoms with E-state index in [1.807, 2.05) is 24.3 Å². The lowest BCUT2D eigenvalue weighted by atomic mass is 10.1. The molecule has 0 saturated heterocycles. The van der Waals surface area contributed by atoms with Crippen molar-refractivity contribution >= 4 is 28.1 Å². The first kappa shape index (κ1) is 13.9. The van der Waals surface area contributed by atoms with Gasteiger partial charge in [0.25, 0.3) is 0 Å². The molecule has 1 aliphatic heterocycles. The highest BCUT2D eigenvalue weighted by atomic mass is 32.2. The van der Waals surface area contributed by atoms with Crippen molar-refractivity contribution in [1.82, 2.24) is 5.32 Å². The van der Waals surface area contributed by atoms with Crippen LogP contribution in [-0.2, 0) is 15.6 Å². The Morgan fingerprint density at radius 3 is 2.89 bits per heavy atom. The van der Waals surface area contributed by atoms with Crippen LogP contribution in [0.1, 0.15) is 6.42 Å². The molecule has 3 N–H and O–H groups in total. The first-order chi connectivity index (χ1) is 9.16. The molecule has 2 unspecified atom stereocenters. The number of benzene rings is 1. The predicted octanol–water partition coefficient (Wildman–Crippen LogP) is 0.777. The summed E-state index contributed by atoms with van der Waals surface area (Å²) in [6.45, 7) is 1.14. The highest BCUT2D eigenvalue weighted by Gasteiger charge is 2.22. The van der Waals surface area contributed by atoms with E-state index < -0.39 is 10.8 Å². The molecule has 6 heteroatoms. The van der Waals surface area contributed by atoms with Gasteiger partial charge in [0.05, 0.1) is 11.4 Å². The summed E-state index contributed by atoms with van der Waals surface area (Å²) in [7, 11) is -0.794. The van der Waals surface area contributed by atoms with Gasteiger partial charge in [0.15, 0.2) is 0 Å². The zero-order chi connectivity index (χ0) is 13.7. The molecule has 1 aromatic rings. The van der Waals surface area contributed by atoms with Gasteiger partial charge in [-0.05, 0) is 18.6 Å². The molecule has 0 aromatic heterocycles. The molecule has 0 bridgehead atoms. The molecule has 2 rings (SSSR count). The lowest BCUT2D eigenvalue weighted by Gasteiger charge is -2.27. The van der Waals surface area contributed by atoms with E-state index in [1.54, 1.807) is 6.26 Å². The number of para-hydroxylation sites is 2. The summed E-state index contributed by atoms with van der Waals surface area (Å²) in [5.41, 5.74) is 1.97. The Morgan fingerprint density at radius 1 is 1.42 bits per heavy atom. The van der Waals surface area contributed by atoms with Crippen LogP contribution in [0.15, 0.2) is 24.3 Å². The second-order valence-corrected chi connectivity index (χ2v) is 6.10. The average molecular weight is 281 g/mol. The zero-order valence-corrected chi connectivity index (χ0v) is 11.8. The van der Waals surface area contributed by atoms with Crippen molar-refractivity contribution in [3.8, 4) is 0 Å². The first-order valence-corrected chi connectivity index (χ1v) is 8.06. The maximum absolute atomic E-state index is 12.0. The predicted molar refractivity (Wildman–Crippen MR) is 78.9 cm³/mol. The maximum atomic E-state index is 12.0. The van der Waals surface area contributed by atoms with Crippen molar-refractivity contribution in [3.63, 3.8) is 0 Å². The monoisotopic (exact) mass is 281 g/mol. The van der Waals surface area contributed by atoms with Crippen molar-refractivity contribution < 1.29 is 9.00 Å². The lowest BCUT2D eigenvalue weighted by molar-refractivity contribution is -0.121. The number of carbonyl (C=O) groups excluding carboxylic acids is 1. The van der Waals surface area contributed by atoms with Crippen molar-refractivity contribution in [2.24, 2.45) is 0 Å². The fraction of sp³-hybridized carbons (Fsp3) is 0.462. The molecule has 0 fully saturated rings. The topological polar surface area (TPSA) is 70.2 Å². The molecule has 1 aliphatic rings. The van der Waals surface area contributed by atoms with E-state index in [9.17, 15) is 9.00 Å². The van der Waals surface area contributed by atoms with Crippen LogP contribution in [0.3, 0.4) is 0 Å². The van der Waals surface area contributed by atoms with E-state index in [0.29, 0.717) is 18.8 Å². The Balaban J connectivity index is 1.80. The first-order valence-electron chi connectivity index (χ1n) is 6.34. The molecule has 0 radical (unpaired) electrons. The van der Waals surface area contributed by atoms with Crippen molar-refractivity contribution in [1.29, 1.82) is 0 Å². The van der Waals surface area contributed by atoms with Crippen LogP contribution in [0.4, 0.5) is 11.4 Å². The zero-order valence-electron chi connectivity index (χ0n) is 10.9. The van der Waals surface area contributed by atoms with Crippen molar-refractivity contribution in [2.45, 2.75) is 12.5 Å². The molecule has 2 atom stereocenters. The molecule has 0 spiro atoms. The van der Waals surface area contributed by atoms with Gasteiger partial charge in [0.1, 0.15) is 6.04 Å². The van der Waals surface area contributed by atoms with E-state index in [-0.39, 0.29) is 11.9 Å². The van der Waals surface area contributed by atoms with E-state index in [0.717, 1.165) is 17.8 Å². The van der Waals surface area contributed by atoms with Gasteiger partial charge >= 0.3 is 0 Å². The number of hydrogen-bond acceptors (Lipinski definition) is 4. The van der Waals surface area contributed by atoms with Gasteiger partial charge in [-0.1, -0.05) is 12.1 Å². The molecular formula is C13H19N3O2S. The minimum absolute atomic E-state index is 0.0242. The number of anilines is 2. The highest BCUT2D eigenvalue weighted by molar-refractivity contribution is 7.84. The minimum atomic E-state index is -0.794. The SMILES string of the molecule is CS(=O)CCCNC(=O)C1CNc2ccccc2N1. The van der Waals surface area contributed by atoms with Crippen LogP contribution in [-0.4, -0.2) is 41.3 Å². The third-order valence-corrected chi connectivity index (χ3v) is 3.84. The van der Waals surface area contributed by atoms with Crippen molar-refractivity contribution in [3.05, 3.63) is 24.3 Å². The van der Waals surface area contributed by atoms with Crippen LogP contribution in [0.2, 0.25) is 0 Å². The molecule has 1 heterocycles. The number of rotatable bonds is 5. The summed E-state index contributed by atoms with van der Waals surface area (Å²) in [5.74, 6) is 0.600. The summed E-state index contributed by atoms with van der Waals surface area (Å²) in [4.78, 5) is 12.0.